The van der Waals surface area contributed by atoms with E-state index in [1.807, 2.05) is 0 Å². The minimum atomic E-state index is -4.21. The Morgan fingerprint density at radius 3 is 1.63 bits per heavy atom. The van der Waals surface area contributed by atoms with E-state index >= 15 is 0 Å². The van der Waals surface area contributed by atoms with E-state index < -0.39 is 209 Å². The number of carbonyl (C=O) groups is 6. The number of fused-ring (bicyclic) bond motifs is 6. The van der Waals surface area contributed by atoms with Gasteiger partial charge in [-0.05, 0) is 30.3 Å². The van der Waals surface area contributed by atoms with Gasteiger partial charge in [-0.15, -0.1) is 0 Å². The van der Waals surface area contributed by atoms with Gasteiger partial charge in [0, 0.05) is 22.3 Å². The Morgan fingerprint density at radius 1 is 0.559 bits per heavy atom. The predicted molar refractivity (Wildman–Crippen MR) is 204 cm³/mol. The number of aliphatic hydroxyl groups excluding tert-OH is 1. The molecule has 27 nitrogen and oxygen atoms in total. The number of ether oxygens (including phenoxy) is 6. The molecule has 7 unspecified atom stereocenters. The molecule has 7 atom stereocenters. The molecule has 0 saturated heterocycles. The molecule has 4 bridgehead atoms. The third-order valence-corrected chi connectivity index (χ3v) is 11.8. The lowest BCUT2D eigenvalue weighted by Crippen LogP contribution is -2.70. The number of cyclic esters (lactones) is 2. The summed E-state index contributed by atoms with van der Waals surface area (Å²) < 4.78 is 32.8. The van der Waals surface area contributed by atoms with Crippen LogP contribution in [0, 0.1) is 0 Å². The molecule has 15 N–H and O–H groups in total. The lowest BCUT2D eigenvalue weighted by molar-refractivity contribution is -0.325. The number of phenolic OH excluding ortho intramolecular Hbond substituents is 11. The maximum Gasteiger partial charge on any atom is 0.339 e. The van der Waals surface area contributed by atoms with Crippen LogP contribution in [0.4, 0.5) is 0 Å². The van der Waals surface area contributed by atoms with E-state index in [1.54, 1.807) is 0 Å². The first-order valence-electron chi connectivity index (χ1n) is 19.1. The molecular formula is C41H28O27. The number of aliphatic hydroxyl groups is 4. The lowest BCUT2D eigenvalue weighted by atomic mass is 9.67. The molecule has 6 aliphatic rings. The molecule has 0 fully saturated rings. The first-order chi connectivity index (χ1) is 31.8. The quantitative estimate of drug-likeness (QED) is 0.0470. The third kappa shape index (κ3) is 5.92. The number of esters is 5. The van der Waals surface area contributed by atoms with E-state index in [4.69, 9.17) is 28.4 Å². The fourth-order valence-electron chi connectivity index (χ4n) is 8.57. The van der Waals surface area contributed by atoms with Crippen molar-refractivity contribution in [1.82, 2.24) is 0 Å². The second kappa shape index (κ2) is 14.5. The zero-order chi connectivity index (χ0) is 49.5. The van der Waals surface area contributed by atoms with E-state index in [2.05, 4.69) is 0 Å². The monoisotopic (exact) mass is 952 g/mol. The van der Waals surface area contributed by atoms with Crippen LogP contribution in [0.1, 0.15) is 52.9 Å². The summed E-state index contributed by atoms with van der Waals surface area (Å²) in [6, 6.07) is 2.17. The molecule has 0 radical (unpaired) electrons. The number of carbonyl (C=O) groups excluding carboxylic acids is 6. The summed E-state index contributed by atoms with van der Waals surface area (Å²) in [6.45, 7) is -1.52. The summed E-state index contributed by atoms with van der Waals surface area (Å²) in [6.07, 6.45) is -13.8. The van der Waals surface area contributed by atoms with Crippen LogP contribution >= 0.6 is 0 Å². The molecule has 5 aliphatic heterocycles. The number of benzene rings is 4. The fourth-order valence-corrected chi connectivity index (χ4v) is 8.57. The number of rotatable bonds is 3. The van der Waals surface area contributed by atoms with Gasteiger partial charge in [-0.1, -0.05) is 0 Å². The summed E-state index contributed by atoms with van der Waals surface area (Å²) in [7, 11) is 0. The molecule has 354 valence electrons. The second-order valence-electron chi connectivity index (χ2n) is 15.6. The van der Waals surface area contributed by atoms with Crippen LogP contribution in [0.3, 0.4) is 0 Å². The van der Waals surface area contributed by atoms with Gasteiger partial charge in [-0.25, -0.2) is 24.0 Å². The highest BCUT2D eigenvalue weighted by Gasteiger charge is 2.74. The van der Waals surface area contributed by atoms with Gasteiger partial charge in [0.15, 0.2) is 76.2 Å². The first kappa shape index (κ1) is 44.3. The van der Waals surface area contributed by atoms with Crippen molar-refractivity contribution in [2.45, 2.75) is 48.0 Å². The second-order valence-corrected chi connectivity index (χ2v) is 15.6. The molecular weight excluding hydrogens is 924 g/mol. The van der Waals surface area contributed by atoms with Crippen LogP contribution in [-0.4, -0.2) is 161 Å². The molecule has 4 aromatic rings. The Morgan fingerprint density at radius 2 is 1.04 bits per heavy atom. The van der Waals surface area contributed by atoms with Crippen LogP contribution in [-0.2, 0) is 33.3 Å². The van der Waals surface area contributed by atoms with Gasteiger partial charge < -0.3 is 105 Å². The van der Waals surface area contributed by atoms with Crippen LogP contribution in [0.2, 0.25) is 0 Å². The van der Waals surface area contributed by atoms with Gasteiger partial charge in [0.05, 0.1) is 33.7 Å². The van der Waals surface area contributed by atoms with Gasteiger partial charge in [0.2, 0.25) is 23.0 Å². The topological polar surface area (TPSA) is 461 Å². The van der Waals surface area contributed by atoms with Crippen LogP contribution in [0.15, 0.2) is 41.5 Å². The first-order valence-corrected chi connectivity index (χ1v) is 19.1. The average Bonchev–Trinajstić information content (AvgIpc) is 3.61. The van der Waals surface area contributed by atoms with Crippen LogP contribution < -0.4 is 4.74 Å². The minimum Gasteiger partial charge on any atom is -0.504 e. The lowest BCUT2D eigenvalue weighted by Gasteiger charge is -2.47. The Hall–Kier alpha value is -8.92. The highest BCUT2D eigenvalue weighted by atomic mass is 16.7. The minimum absolute atomic E-state index is 0.321. The molecule has 0 spiro atoms. The summed E-state index contributed by atoms with van der Waals surface area (Å²) in [5.74, 6) is -37.2. The predicted octanol–water partition coefficient (Wildman–Crippen LogP) is -1.71. The SMILES string of the molecule is O=C1OC2C(O)C3=C1C1c4c(cc(O)c(O)c4OC1(O)C(O)(O)C3=O)C(=O)OC2C1OC(=O)c2cc(O)c(O)c(O)c2-c2c(cc(O)c(O)c2O)C(=O)OCC1OC(=O)c1cc(O)c(O)c(O)c1. The molecule has 5 heterocycles. The number of Topliss-reactive ketones (excluding diaryl/α,β-unsaturated/α-hetero) is 1. The van der Waals surface area contributed by atoms with Crippen LogP contribution in [0.25, 0.3) is 11.1 Å². The summed E-state index contributed by atoms with van der Waals surface area (Å²) in [4.78, 5) is 85.2. The molecule has 0 amide bonds. The summed E-state index contributed by atoms with van der Waals surface area (Å²) >= 11 is 0. The van der Waals surface area contributed by atoms with Gasteiger partial charge >= 0.3 is 29.8 Å². The summed E-state index contributed by atoms with van der Waals surface area (Å²) in [5.41, 5.74) is -9.89. The zero-order valence-electron chi connectivity index (χ0n) is 33.2. The highest BCUT2D eigenvalue weighted by Crippen LogP contribution is 2.62. The highest BCUT2D eigenvalue weighted by molar-refractivity contribution is 6.13. The Labute approximate surface area is 373 Å². The van der Waals surface area contributed by atoms with E-state index in [0.717, 1.165) is 0 Å². The van der Waals surface area contributed by atoms with Crippen molar-refractivity contribution >= 4 is 35.6 Å². The molecule has 27 heteroatoms. The zero-order valence-corrected chi connectivity index (χ0v) is 33.2. The molecule has 68 heavy (non-hydrogen) atoms. The molecule has 1 aliphatic carbocycles. The van der Waals surface area contributed by atoms with Gasteiger partial charge in [0.1, 0.15) is 12.7 Å². The molecule has 10 rings (SSSR count). The van der Waals surface area contributed by atoms with Crippen molar-refractivity contribution in [2.24, 2.45) is 0 Å². The van der Waals surface area contributed by atoms with Crippen molar-refractivity contribution < 1.29 is 134 Å². The molecule has 4 aromatic carbocycles. The Balaban J connectivity index is 1.30. The summed E-state index contributed by atoms with van der Waals surface area (Å²) in [5, 5.41) is 162. The van der Waals surface area contributed by atoms with E-state index in [0.29, 0.717) is 30.3 Å². The number of hydrogen-bond donors (Lipinski definition) is 15. The Bertz CT molecular complexity index is 3050. The standard InChI is InChI=1S/C41H28O27/c42-11-1-7(2-12(43)23(11)47)35(55)64-16-6-63-36(56)8-3-13(44)24(48)27(51)17(8)18-9(4-14(45)25(49)28(18)52)37(57)65-30(16)33-32-29(53)21-20(39(59)66-32)22-19-10(38(58)67-33)5-15(46)26(50)31(19)68-41(22,62)40(60,61)34(21)54/h1-5,16,22,29-30,32-33,42-53,60-62H,6H2. The van der Waals surface area contributed by atoms with E-state index in [9.17, 15) is 105 Å². The van der Waals surface area contributed by atoms with Gasteiger partial charge in [-0.3, -0.25) is 4.79 Å². The molecule has 0 saturated carbocycles. The number of aromatic hydroxyl groups is 11. The third-order valence-electron chi connectivity index (χ3n) is 11.8. The van der Waals surface area contributed by atoms with Crippen molar-refractivity contribution in [1.29, 1.82) is 0 Å². The number of ketones is 1. The normalized spacial score (nSPS) is 25.7. The maximum absolute atomic E-state index is 14.6. The molecule has 0 aromatic heterocycles. The fraction of sp³-hybridized carbons (Fsp3) is 0.220. The number of phenols is 11. The van der Waals surface area contributed by atoms with E-state index in [1.165, 1.54) is 0 Å². The van der Waals surface area contributed by atoms with Crippen molar-refractivity contribution in [3.8, 4) is 80.1 Å². The van der Waals surface area contributed by atoms with Crippen molar-refractivity contribution in [2.75, 3.05) is 6.61 Å². The largest absolute Gasteiger partial charge is 0.504 e. The van der Waals surface area contributed by atoms with E-state index in [-0.39, 0.29) is 0 Å². The van der Waals surface area contributed by atoms with Crippen LogP contribution in [0.5, 0.6) is 69.0 Å². The maximum atomic E-state index is 14.6. The van der Waals surface area contributed by atoms with Gasteiger partial charge in [-0.2, -0.15) is 0 Å². The number of hydrogen-bond acceptors (Lipinski definition) is 27. The van der Waals surface area contributed by atoms with Gasteiger partial charge in [0.25, 0.3) is 11.6 Å². The van der Waals surface area contributed by atoms with Crippen molar-refractivity contribution in [3.05, 3.63) is 69.3 Å². The van der Waals surface area contributed by atoms with Crippen molar-refractivity contribution in [3.63, 3.8) is 0 Å². The smallest absolute Gasteiger partial charge is 0.339 e. The average molecular weight is 953 g/mol. The Kier molecular flexibility index (Phi) is 9.47.